The molecule has 1 spiro atoms. The van der Waals surface area contributed by atoms with Gasteiger partial charge in [0.05, 0.1) is 24.9 Å². The van der Waals surface area contributed by atoms with Gasteiger partial charge in [-0.2, -0.15) is 0 Å². The van der Waals surface area contributed by atoms with Gasteiger partial charge in [0, 0.05) is 12.6 Å². The Balaban J connectivity index is 2.13. The predicted molar refractivity (Wildman–Crippen MR) is 67.4 cm³/mol. The number of ether oxygens (including phenoxy) is 2. The van der Waals surface area contributed by atoms with Crippen LogP contribution in [0.25, 0.3) is 0 Å². The number of benzene rings is 1. The summed E-state index contributed by atoms with van der Waals surface area (Å²) in [5.41, 5.74) is 0.112. The second-order valence-corrected chi connectivity index (χ2v) is 4.66. The Hall–Kier alpha value is -2.57. The Labute approximate surface area is 114 Å². The minimum absolute atomic E-state index is 0.0829. The molecule has 2 aliphatic rings. The third-order valence-electron chi connectivity index (χ3n) is 3.61. The summed E-state index contributed by atoms with van der Waals surface area (Å²) in [6.07, 6.45) is -0.628. The van der Waals surface area contributed by atoms with Gasteiger partial charge in [-0.15, -0.1) is 0 Å². The lowest BCUT2D eigenvalue weighted by atomic mass is 9.95. The van der Waals surface area contributed by atoms with Crippen molar-refractivity contribution >= 4 is 23.7 Å². The number of esters is 1. The summed E-state index contributed by atoms with van der Waals surface area (Å²) in [4.78, 5) is 36.6. The van der Waals surface area contributed by atoms with Crippen molar-refractivity contribution in [3.8, 4) is 0 Å². The molecule has 104 valence electrons. The molecule has 1 unspecified atom stereocenters. The molecule has 2 amide bonds. The minimum atomic E-state index is -1.32. The summed E-state index contributed by atoms with van der Waals surface area (Å²) in [7, 11) is 2.86. The Morgan fingerprint density at radius 1 is 1.45 bits per heavy atom. The zero-order valence-corrected chi connectivity index (χ0v) is 10.9. The fourth-order valence-corrected chi connectivity index (χ4v) is 2.59. The molecule has 7 nitrogen and oxygen atoms in total. The maximum atomic E-state index is 12.4. The van der Waals surface area contributed by atoms with Crippen molar-refractivity contribution in [1.82, 2.24) is 5.32 Å². The Morgan fingerprint density at radius 3 is 2.80 bits per heavy atom. The Bertz CT molecular complexity index is 642. The third-order valence-corrected chi connectivity index (χ3v) is 3.61. The molecule has 1 aromatic rings. The predicted octanol–water partition coefficient (Wildman–Crippen LogP) is 0.385. The number of nitrogens with zero attached hydrogens (tertiary/aromatic N) is 1. The van der Waals surface area contributed by atoms with E-state index < -0.39 is 17.7 Å². The fraction of sp³-hybridized carbons (Fsp3) is 0.308. The van der Waals surface area contributed by atoms with Crippen molar-refractivity contribution in [2.24, 2.45) is 0 Å². The topological polar surface area (TPSA) is 84.9 Å². The quantitative estimate of drug-likeness (QED) is 0.750. The van der Waals surface area contributed by atoms with Crippen molar-refractivity contribution < 1.29 is 23.9 Å². The minimum Gasteiger partial charge on any atom is -0.465 e. The van der Waals surface area contributed by atoms with Crippen LogP contribution in [0.3, 0.4) is 0 Å². The molecule has 1 aromatic carbocycles. The molecule has 0 radical (unpaired) electrons. The highest BCUT2D eigenvalue weighted by atomic mass is 16.6. The van der Waals surface area contributed by atoms with Crippen LogP contribution in [0.4, 0.5) is 10.5 Å². The van der Waals surface area contributed by atoms with E-state index in [4.69, 9.17) is 4.74 Å². The highest BCUT2D eigenvalue weighted by molar-refractivity contribution is 6.09. The van der Waals surface area contributed by atoms with E-state index in [0.717, 1.165) is 0 Å². The van der Waals surface area contributed by atoms with Gasteiger partial charge in [0.1, 0.15) is 0 Å². The Morgan fingerprint density at radius 2 is 2.20 bits per heavy atom. The van der Waals surface area contributed by atoms with E-state index in [9.17, 15) is 14.4 Å². The van der Waals surface area contributed by atoms with Gasteiger partial charge in [-0.05, 0) is 12.1 Å². The number of hydrogen-bond donors (Lipinski definition) is 1. The number of amides is 2. The van der Waals surface area contributed by atoms with Gasteiger partial charge < -0.3 is 19.7 Å². The van der Waals surface area contributed by atoms with Crippen LogP contribution >= 0.6 is 0 Å². The smallest absolute Gasteiger partial charge is 0.408 e. The molecule has 1 N–H and O–H groups in total. The number of hydrogen-bond acceptors (Lipinski definition) is 5. The van der Waals surface area contributed by atoms with Crippen LogP contribution in [-0.2, 0) is 19.9 Å². The monoisotopic (exact) mass is 276 g/mol. The molecule has 2 heterocycles. The van der Waals surface area contributed by atoms with Crippen LogP contribution in [0.15, 0.2) is 18.2 Å². The van der Waals surface area contributed by atoms with E-state index in [1.165, 1.54) is 12.0 Å². The van der Waals surface area contributed by atoms with Crippen LogP contribution in [0.1, 0.15) is 15.9 Å². The van der Waals surface area contributed by atoms with Gasteiger partial charge >= 0.3 is 12.1 Å². The number of likely N-dealkylation sites (N-methyl/N-ethyl adjacent to an activating group) is 1. The average molecular weight is 276 g/mol. The maximum Gasteiger partial charge on any atom is 0.408 e. The first-order valence-electron chi connectivity index (χ1n) is 5.97. The van der Waals surface area contributed by atoms with E-state index in [0.29, 0.717) is 16.8 Å². The molecular formula is C13H12N2O5. The van der Waals surface area contributed by atoms with Gasteiger partial charge in [0.25, 0.3) is 5.91 Å². The number of carbonyl (C=O) groups is 3. The summed E-state index contributed by atoms with van der Waals surface area (Å²) in [6, 6.07) is 4.72. The SMILES string of the molecule is COC(=O)c1ccc2c(c1)N(C)C(=O)C21CNC(=O)O1. The van der Waals surface area contributed by atoms with Crippen LogP contribution in [0, 0.1) is 0 Å². The van der Waals surface area contributed by atoms with Gasteiger partial charge in [-0.25, -0.2) is 9.59 Å². The highest BCUT2D eigenvalue weighted by Crippen LogP contribution is 2.44. The van der Waals surface area contributed by atoms with Crippen molar-refractivity contribution in [3.63, 3.8) is 0 Å². The number of rotatable bonds is 1. The molecule has 2 aliphatic heterocycles. The standard InChI is InChI=1S/C13H12N2O5/c1-15-9-5-7(10(16)19-2)3-4-8(9)13(11(15)17)6-14-12(18)20-13/h3-5H,6H2,1-2H3,(H,14,18). The summed E-state index contributed by atoms with van der Waals surface area (Å²) >= 11 is 0. The van der Waals surface area contributed by atoms with Crippen LogP contribution in [0.2, 0.25) is 0 Å². The maximum absolute atomic E-state index is 12.4. The first-order chi connectivity index (χ1) is 9.49. The third kappa shape index (κ3) is 1.43. The molecule has 0 aromatic heterocycles. The van der Waals surface area contributed by atoms with Gasteiger partial charge in [-0.1, -0.05) is 6.07 Å². The lowest BCUT2D eigenvalue weighted by molar-refractivity contribution is -0.132. The number of carbonyl (C=O) groups excluding carboxylic acids is 3. The number of methoxy groups -OCH3 is 1. The van der Waals surface area contributed by atoms with Gasteiger partial charge in [0.15, 0.2) is 0 Å². The number of anilines is 1. The van der Waals surface area contributed by atoms with Crippen LogP contribution in [0.5, 0.6) is 0 Å². The average Bonchev–Trinajstić information content (AvgIpc) is 2.94. The molecule has 0 saturated carbocycles. The molecule has 1 saturated heterocycles. The second kappa shape index (κ2) is 3.96. The van der Waals surface area contributed by atoms with E-state index in [-0.39, 0.29) is 12.5 Å². The zero-order chi connectivity index (χ0) is 14.5. The van der Waals surface area contributed by atoms with E-state index >= 15 is 0 Å². The molecule has 7 heteroatoms. The normalized spacial score (nSPS) is 23.6. The lowest BCUT2D eigenvalue weighted by Gasteiger charge is -2.19. The van der Waals surface area contributed by atoms with Crippen molar-refractivity contribution in [3.05, 3.63) is 29.3 Å². The second-order valence-electron chi connectivity index (χ2n) is 4.66. The first-order valence-corrected chi connectivity index (χ1v) is 5.97. The first kappa shape index (κ1) is 12.5. The van der Waals surface area contributed by atoms with Crippen molar-refractivity contribution in [1.29, 1.82) is 0 Å². The van der Waals surface area contributed by atoms with E-state index in [1.807, 2.05) is 0 Å². The zero-order valence-electron chi connectivity index (χ0n) is 10.9. The number of fused-ring (bicyclic) bond motifs is 2. The highest BCUT2D eigenvalue weighted by Gasteiger charge is 2.56. The lowest BCUT2D eigenvalue weighted by Crippen LogP contribution is -2.41. The molecule has 0 bridgehead atoms. The number of alkyl carbamates (subject to hydrolysis) is 1. The summed E-state index contributed by atoms with van der Waals surface area (Å²) < 4.78 is 9.84. The molecule has 1 fully saturated rings. The van der Waals surface area contributed by atoms with Crippen LogP contribution < -0.4 is 10.2 Å². The summed E-state index contributed by atoms with van der Waals surface area (Å²) in [6.45, 7) is 0.0829. The molecule has 3 rings (SSSR count). The van der Waals surface area contributed by atoms with Crippen LogP contribution in [-0.4, -0.2) is 38.7 Å². The summed E-state index contributed by atoms with van der Waals surface area (Å²) in [5.74, 6) is -0.830. The van der Waals surface area contributed by atoms with E-state index in [1.54, 1.807) is 25.2 Å². The van der Waals surface area contributed by atoms with Gasteiger partial charge in [0.2, 0.25) is 5.60 Å². The van der Waals surface area contributed by atoms with Crippen molar-refractivity contribution in [2.75, 3.05) is 25.6 Å². The van der Waals surface area contributed by atoms with E-state index in [2.05, 4.69) is 10.1 Å². The fourth-order valence-electron chi connectivity index (χ4n) is 2.59. The largest absolute Gasteiger partial charge is 0.465 e. The summed E-state index contributed by atoms with van der Waals surface area (Å²) in [5, 5.41) is 2.49. The molecule has 1 atom stereocenters. The number of nitrogens with one attached hydrogen (secondary N) is 1. The molecule has 20 heavy (non-hydrogen) atoms. The van der Waals surface area contributed by atoms with Crippen molar-refractivity contribution in [2.45, 2.75) is 5.60 Å². The Kier molecular flexibility index (Phi) is 2.47. The van der Waals surface area contributed by atoms with Gasteiger partial charge in [-0.3, -0.25) is 4.79 Å². The molecule has 0 aliphatic carbocycles. The molecular weight excluding hydrogens is 264 g/mol.